The molecular weight excluding hydrogens is 270 g/mol. The molecule has 1 saturated carbocycles. The zero-order chi connectivity index (χ0) is 14.7. The van der Waals surface area contributed by atoms with Gasteiger partial charge in [0.05, 0.1) is 12.4 Å². The van der Waals surface area contributed by atoms with E-state index in [1.54, 1.807) is 13.2 Å². The average molecular weight is 289 g/mol. The zero-order valence-electron chi connectivity index (χ0n) is 12.0. The highest BCUT2D eigenvalue weighted by Crippen LogP contribution is 2.27. The minimum atomic E-state index is -0.285. The van der Waals surface area contributed by atoms with E-state index in [2.05, 4.69) is 26.0 Å². The van der Waals surface area contributed by atoms with Crippen molar-refractivity contribution in [2.24, 2.45) is 13.0 Å². The first-order chi connectivity index (χ1) is 10.2. The third-order valence-electron chi connectivity index (χ3n) is 3.77. The summed E-state index contributed by atoms with van der Waals surface area (Å²) in [6, 6.07) is -0.285. The summed E-state index contributed by atoms with van der Waals surface area (Å²) in [5.74, 6) is 1.32. The Kier molecular flexibility index (Phi) is 3.85. The van der Waals surface area contributed by atoms with E-state index in [1.807, 2.05) is 10.9 Å². The maximum atomic E-state index is 11.8. The summed E-state index contributed by atoms with van der Waals surface area (Å²) in [4.78, 5) is 11.8. The number of aryl methyl sites for hydroxylation is 1. The number of hydrogen-bond acceptors (Lipinski definition) is 4. The Morgan fingerprint density at radius 2 is 2.29 bits per heavy atom. The highest BCUT2D eigenvalue weighted by atomic mass is 16.2. The van der Waals surface area contributed by atoms with Gasteiger partial charge in [0, 0.05) is 31.9 Å². The molecule has 0 bridgehead atoms. The summed E-state index contributed by atoms with van der Waals surface area (Å²) in [6.45, 7) is 1.43. The molecule has 3 rings (SSSR count). The molecule has 2 amide bonds. The van der Waals surface area contributed by atoms with Crippen molar-refractivity contribution in [3.8, 4) is 0 Å². The molecular formula is C13H19N7O. The van der Waals surface area contributed by atoms with Crippen LogP contribution in [0.15, 0.2) is 18.6 Å². The monoisotopic (exact) mass is 289 g/mol. The highest BCUT2D eigenvalue weighted by molar-refractivity contribution is 5.87. The number of rotatable bonds is 5. The van der Waals surface area contributed by atoms with Crippen molar-refractivity contribution in [1.29, 1.82) is 0 Å². The lowest BCUT2D eigenvalue weighted by atomic mass is 9.85. The van der Waals surface area contributed by atoms with Gasteiger partial charge in [0.15, 0.2) is 5.82 Å². The second kappa shape index (κ2) is 5.94. The minimum Gasteiger partial charge on any atom is -0.334 e. The van der Waals surface area contributed by atoms with Crippen molar-refractivity contribution in [1.82, 2.24) is 30.1 Å². The number of aromatic nitrogens is 5. The molecule has 8 nitrogen and oxygen atoms in total. The van der Waals surface area contributed by atoms with Crippen molar-refractivity contribution in [3.05, 3.63) is 24.2 Å². The molecule has 2 heterocycles. The molecule has 1 aliphatic carbocycles. The third-order valence-corrected chi connectivity index (χ3v) is 3.77. The summed E-state index contributed by atoms with van der Waals surface area (Å²) < 4.78 is 3.46. The van der Waals surface area contributed by atoms with Crippen LogP contribution in [0.3, 0.4) is 0 Å². The number of amides is 2. The van der Waals surface area contributed by atoms with E-state index in [0.29, 0.717) is 12.4 Å². The maximum Gasteiger partial charge on any atom is 0.320 e. The lowest BCUT2D eigenvalue weighted by Gasteiger charge is -2.24. The molecule has 0 atom stereocenters. The zero-order valence-corrected chi connectivity index (χ0v) is 12.0. The van der Waals surface area contributed by atoms with Gasteiger partial charge < -0.3 is 5.32 Å². The largest absolute Gasteiger partial charge is 0.334 e. The van der Waals surface area contributed by atoms with Crippen molar-refractivity contribution in [3.63, 3.8) is 0 Å². The SMILES string of the molecule is Cn1nncc1NC(=O)NCc1cnn(CC2CCC2)c1. The van der Waals surface area contributed by atoms with Gasteiger partial charge in [-0.15, -0.1) is 5.10 Å². The van der Waals surface area contributed by atoms with E-state index in [9.17, 15) is 4.79 Å². The van der Waals surface area contributed by atoms with Gasteiger partial charge in [-0.2, -0.15) is 5.10 Å². The van der Waals surface area contributed by atoms with Crippen LogP contribution < -0.4 is 10.6 Å². The van der Waals surface area contributed by atoms with Gasteiger partial charge in [-0.3, -0.25) is 10.00 Å². The number of nitrogens with zero attached hydrogens (tertiary/aromatic N) is 5. The van der Waals surface area contributed by atoms with Gasteiger partial charge in [0.1, 0.15) is 0 Å². The molecule has 0 radical (unpaired) electrons. The summed E-state index contributed by atoms with van der Waals surface area (Å²) in [6.07, 6.45) is 9.22. The standard InChI is InChI=1S/C13H19N7O/c1-19-12(7-15-18-19)17-13(21)14-5-11-6-16-20(9-11)8-10-3-2-4-10/h6-7,9-10H,2-5,8H2,1H3,(H2,14,17,21). The van der Waals surface area contributed by atoms with E-state index in [1.165, 1.54) is 30.1 Å². The predicted molar refractivity (Wildman–Crippen MR) is 76.4 cm³/mol. The number of carbonyl (C=O) groups excluding carboxylic acids is 1. The van der Waals surface area contributed by atoms with Gasteiger partial charge >= 0.3 is 6.03 Å². The fourth-order valence-corrected chi connectivity index (χ4v) is 2.28. The van der Waals surface area contributed by atoms with Crippen LogP contribution in [0.4, 0.5) is 10.6 Å². The van der Waals surface area contributed by atoms with Gasteiger partial charge in [-0.1, -0.05) is 11.6 Å². The van der Waals surface area contributed by atoms with Crippen LogP contribution in [0, 0.1) is 5.92 Å². The lowest BCUT2D eigenvalue weighted by Crippen LogP contribution is -2.28. The third kappa shape index (κ3) is 3.39. The number of urea groups is 1. The Bertz CT molecular complexity index is 614. The first-order valence-corrected chi connectivity index (χ1v) is 7.11. The Hall–Kier alpha value is -2.38. The van der Waals surface area contributed by atoms with Crippen LogP contribution in [-0.2, 0) is 20.1 Å². The van der Waals surface area contributed by atoms with Crippen molar-refractivity contribution < 1.29 is 4.79 Å². The molecule has 8 heteroatoms. The van der Waals surface area contributed by atoms with E-state index in [0.717, 1.165) is 18.0 Å². The smallest absolute Gasteiger partial charge is 0.320 e. The molecule has 2 N–H and O–H groups in total. The molecule has 0 aliphatic heterocycles. The molecule has 2 aromatic heterocycles. The number of hydrogen-bond donors (Lipinski definition) is 2. The lowest BCUT2D eigenvalue weighted by molar-refractivity contribution is 0.251. The molecule has 1 fully saturated rings. The molecule has 0 aromatic carbocycles. The normalized spacial score (nSPS) is 14.7. The molecule has 1 aliphatic rings. The van der Waals surface area contributed by atoms with Crippen LogP contribution in [0.2, 0.25) is 0 Å². The second-order valence-corrected chi connectivity index (χ2v) is 5.42. The van der Waals surface area contributed by atoms with Crippen LogP contribution in [0.25, 0.3) is 0 Å². The molecule has 2 aromatic rings. The Morgan fingerprint density at radius 1 is 1.43 bits per heavy atom. The number of carbonyl (C=O) groups is 1. The van der Waals surface area contributed by atoms with Crippen LogP contribution in [-0.4, -0.2) is 30.8 Å². The Balaban J connectivity index is 1.46. The highest BCUT2D eigenvalue weighted by Gasteiger charge is 2.18. The molecule has 21 heavy (non-hydrogen) atoms. The van der Waals surface area contributed by atoms with Gasteiger partial charge in [0.2, 0.25) is 0 Å². The average Bonchev–Trinajstić information content (AvgIpc) is 3.02. The molecule has 0 spiro atoms. The Morgan fingerprint density at radius 3 is 2.95 bits per heavy atom. The predicted octanol–water partition coefficient (Wildman–Crippen LogP) is 1.13. The quantitative estimate of drug-likeness (QED) is 0.863. The maximum absolute atomic E-state index is 11.8. The first-order valence-electron chi connectivity index (χ1n) is 7.11. The van der Waals surface area contributed by atoms with E-state index >= 15 is 0 Å². The fourth-order valence-electron chi connectivity index (χ4n) is 2.28. The van der Waals surface area contributed by atoms with Gasteiger partial charge in [-0.25, -0.2) is 9.48 Å². The minimum absolute atomic E-state index is 0.285. The van der Waals surface area contributed by atoms with Crippen molar-refractivity contribution in [2.45, 2.75) is 32.4 Å². The molecule has 112 valence electrons. The number of anilines is 1. The summed E-state index contributed by atoms with van der Waals surface area (Å²) >= 11 is 0. The number of nitrogens with one attached hydrogen (secondary N) is 2. The van der Waals surface area contributed by atoms with E-state index in [-0.39, 0.29) is 6.03 Å². The summed E-state index contributed by atoms with van der Waals surface area (Å²) in [5.41, 5.74) is 0.993. The Labute approximate surface area is 122 Å². The van der Waals surface area contributed by atoms with Crippen LogP contribution in [0.1, 0.15) is 24.8 Å². The van der Waals surface area contributed by atoms with E-state index < -0.39 is 0 Å². The summed E-state index contributed by atoms with van der Waals surface area (Å²) in [7, 11) is 1.72. The topological polar surface area (TPSA) is 89.7 Å². The molecule has 0 unspecified atom stereocenters. The summed E-state index contributed by atoms with van der Waals surface area (Å²) in [5, 5.41) is 17.2. The first kappa shape index (κ1) is 13.6. The van der Waals surface area contributed by atoms with Crippen LogP contribution in [0.5, 0.6) is 0 Å². The molecule has 0 saturated heterocycles. The van der Waals surface area contributed by atoms with Crippen molar-refractivity contribution >= 4 is 11.8 Å². The van der Waals surface area contributed by atoms with Crippen molar-refractivity contribution in [2.75, 3.05) is 5.32 Å². The van der Waals surface area contributed by atoms with Gasteiger partial charge in [-0.05, 0) is 18.8 Å². The van der Waals surface area contributed by atoms with E-state index in [4.69, 9.17) is 0 Å². The van der Waals surface area contributed by atoms with Gasteiger partial charge in [0.25, 0.3) is 0 Å². The fraction of sp³-hybridized carbons (Fsp3) is 0.538. The second-order valence-electron chi connectivity index (χ2n) is 5.42. The van der Waals surface area contributed by atoms with Crippen LogP contribution >= 0.6 is 0 Å².